The topological polar surface area (TPSA) is 66.9 Å². The van der Waals surface area contributed by atoms with Gasteiger partial charge in [-0.05, 0) is 55.5 Å². The number of nitrogens with zero attached hydrogens (tertiary/aromatic N) is 2. The summed E-state index contributed by atoms with van der Waals surface area (Å²) in [5.41, 5.74) is 3.21. The standard InChI is InChI=1S/C25H26Cl2N4OS.ClH/c1-16(23-11-18(12-28-23)9-17-7-8-21(26)22(27)10-17)31-24(32)15-33-25-29-13-20(14-30-25)19-5-3-2-4-6-19;/h2-8,10,13-14,16,18,23,28H,9,11-12,15H2,1H3,(H,31,32);1H/t16?,18-,23+;/m1./s1. The zero-order valence-corrected chi connectivity index (χ0v) is 21.9. The molecule has 2 aromatic carbocycles. The smallest absolute Gasteiger partial charge is 0.230 e. The summed E-state index contributed by atoms with van der Waals surface area (Å²) in [6.07, 6.45) is 5.52. The average Bonchev–Trinajstić information content (AvgIpc) is 3.30. The van der Waals surface area contributed by atoms with E-state index in [1.807, 2.05) is 55.5 Å². The second-order valence-electron chi connectivity index (χ2n) is 8.33. The average molecular weight is 538 g/mol. The Morgan fingerprint density at radius 2 is 1.85 bits per heavy atom. The quantitative estimate of drug-likeness (QED) is 0.285. The summed E-state index contributed by atoms with van der Waals surface area (Å²) in [5, 5.41) is 8.43. The molecular weight excluding hydrogens is 511 g/mol. The third-order valence-corrected chi connectivity index (χ3v) is 7.44. The van der Waals surface area contributed by atoms with E-state index < -0.39 is 0 Å². The molecule has 3 aromatic rings. The van der Waals surface area contributed by atoms with Crippen LogP contribution < -0.4 is 10.6 Å². The minimum absolute atomic E-state index is 0. The zero-order valence-electron chi connectivity index (χ0n) is 18.7. The first-order valence-corrected chi connectivity index (χ1v) is 12.7. The molecule has 34 heavy (non-hydrogen) atoms. The van der Waals surface area contributed by atoms with Gasteiger partial charge < -0.3 is 10.6 Å². The maximum atomic E-state index is 12.5. The third kappa shape index (κ3) is 7.33. The normalized spacial score (nSPS) is 18.2. The zero-order chi connectivity index (χ0) is 23.2. The summed E-state index contributed by atoms with van der Waals surface area (Å²) in [4.78, 5) is 21.2. The van der Waals surface area contributed by atoms with Gasteiger partial charge in [0, 0.05) is 30.0 Å². The second-order valence-corrected chi connectivity index (χ2v) is 10.1. The summed E-state index contributed by atoms with van der Waals surface area (Å²) in [6.45, 7) is 2.97. The van der Waals surface area contributed by atoms with Crippen molar-refractivity contribution in [2.24, 2.45) is 5.92 Å². The first kappa shape index (κ1) is 26.8. The van der Waals surface area contributed by atoms with Crippen molar-refractivity contribution in [3.05, 3.63) is 76.5 Å². The van der Waals surface area contributed by atoms with E-state index in [4.69, 9.17) is 23.2 Å². The van der Waals surface area contributed by atoms with Gasteiger partial charge in [0.2, 0.25) is 5.91 Å². The summed E-state index contributed by atoms with van der Waals surface area (Å²) < 4.78 is 0. The maximum Gasteiger partial charge on any atom is 0.230 e. The van der Waals surface area contributed by atoms with Gasteiger partial charge in [0.05, 0.1) is 15.8 Å². The molecule has 0 aliphatic carbocycles. The van der Waals surface area contributed by atoms with Crippen LogP contribution in [0.3, 0.4) is 0 Å². The van der Waals surface area contributed by atoms with Gasteiger partial charge in [-0.3, -0.25) is 4.79 Å². The van der Waals surface area contributed by atoms with E-state index in [2.05, 4.69) is 20.6 Å². The number of halogens is 3. The Hall–Kier alpha value is -1.83. The summed E-state index contributed by atoms with van der Waals surface area (Å²) in [7, 11) is 0. The molecule has 2 N–H and O–H groups in total. The van der Waals surface area contributed by atoms with Gasteiger partial charge in [-0.25, -0.2) is 9.97 Å². The summed E-state index contributed by atoms with van der Waals surface area (Å²) >= 11 is 13.5. The van der Waals surface area contributed by atoms with Crippen LogP contribution in [-0.4, -0.2) is 40.3 Å². The number of carbonyl (C=O) groups excluding carboxylic acids is 1. The Kier molecular flexibility index (Phi) is 10.0. The first-order chi connectivity index (χ1) is 16.0. The van der Waals surface area contributed by atoms with Crippen LogP contribution in [0.2, 0.25) is 10.0 Å². The molecule has 2 heterocycles. The van der Waals surface area contributed by atoms with Gasteiger partial charge in [0.15, 0.2) is 5.16 Å². The van der Waals surface area contributed by atoms with Gasteiger partial charge in [0.1, 0.15) is 0 Å². The van der Waals surface area contributed by atoms with E-state index in [1.54, 1.807) is 12.4 Å². The molecule has 9 heteroatoms. The van der Waals surface area contributed by atoms with Crippen LogP contribution in [0.1, 0.15) is 18.9 Å². The Morgan fingerprint density at radius 3 is 2.56 bits per heavy atom. The summed E-state index contributed by atoms with van der Waals surface area (Å²) in [6, 6.07) is 16.1. The van der Waals surface area contributed by atoms with Gasteiger partial charge >= 0.3 is 0 Å². The van der Waals surface area contributed by atoms with Crippen LogP contribution in [-0.2, 0) is 11.2 Å². The fourth-order valence-electron chi connectivity index (χ4n) is 4.08. The number of aromatic nitrogens is 2. The first-order valence-electron chi connectivity index (χ1n) is 10.9. The minimum Gasteiger partial charge on any atom is -0.351 e. The Morgan fingerprint density at radius 1 is 1.12 bits per heavy atom. The van der Waals surface area contributed by atoms with Crippen LogP contribution in [0, 0.1) is 5.92 Å². The fourth-order valence-corrected chi connectivity index (χ4v) is 5.00. The number of hydrogen-bond acceptors (Lipinski definition) is 5. The molecule has 180 valence electrons. The number of nitrogens with one attached hydrogen (secondary N) is 2. The number of amides is 1. The molecule has 0 radical (unpaired) electrons. The summed E-state index contributed by atoms with van der Waals surface area (Å²) in [5.74, 6) is 0.768. The van der Waals surface area contributed by atoms with E-state index in [-0.39, 0.29) is 36.2 Å². The van der Waals surface area contributed by atoms with Crippen molar-refractivity contribution in [2.45, 2.75) is 37.0 Å². The molecule has 1 aliphatic rings. The molecule has 3 atom stereocenters. The lowest BCUT2D eigenvalue weighted by Gasteiger charge is -2.21. The lowest BCUT2D eigenvalue weighted by atomic mass is 9.95. The number of benzene rings is 2. The molecule has 1 fully saturated rings. The van der Waals surface area contributed by atoms with Crippen LogP contribution in [0.25, 0.3) is 11.1 Å². The van der Waals surface area contributed by atoms with E-state index >= 15 is 0 Å². The van der Waals surface area contributed by atoms with Crippen LogP contribution in [0.4, 0.5) is 0 Å². The molecule has 1 saturated heterocycles. The van der Waals surface area contributed by atoms with Crippen molar-refractivity contribution < 1.29 is 4.79 Å². The Labute approximate surface area is 220 Å². The lowest BCUT2D eigenvalue weighted by molar-refractivity contribution is -0.119. The van der Waals surface area contributed by atoms with E-state index in [0.717, 1.165) is 30.5 Å². The number of carbonyl (C=O) groups is 1. The lowest BCUT2D eigenvalue weighted by Crippen LogP contribution is -2.46. The Bertz CT molecular complexity index is 1090. The molecule has 1 aromatic heterocycles. The highest BCUT2D eigenvalue weighted by atomic mass is 35.5. The van der Waals surface area contributed by atoms with Gasteiger partial charge in [-0.2, -0.15) is 0 Å². The van der Waals surface area contributed by atoms with Crippen LogP contribution in [0.5, 0.6) is 0 Å². The highest BCUT2D eigenvalue weighted by molar-refractivity contribution is 7.99. The SMILES string of the molecule is CC(NC(=O)CSc1ncc(-c2ccccc2)cn1)[C@@H]1C[C@@H](Cc2ccc(Cl)c(Cl)c2)CN1.Cl. The molecule has 1 amide bonds. The molecule has 0 saturated carbocycles. The Balaban J connectivity index is 0.00000324. The van der Waals surface area contributed by atoms with Crippen molar-refractivity contribution in [2.75, 3.05) is 12.3 Å². The highest BCUT2D eigenvalue weighted by Gasteiger charge is 2.29. The second kappa shape index (κ2) is 12.8. The van der Waals surface area contributed by atoms with Gasteiger partial charge in [-0.15, -0.1) is 12.4 Å². The van der Waals surface area contributed by atoms with Gasteiger partial charge in [0.25, 0.3) is 0 Å². The van der Waals surface area contributed by atoms with Gasteiger partial charge in [-0.1, -0.05) is 71.4 Å². The van der Waals surface area contributed by atoms with Crippen molar-refractivity contribution in [3.63, 3.8) is 0 Å². The third-order valence-electron chi connectivity index (χ3n) is 5.82. The number of thioether (sulfide) groups is 1. The van der Waals surface area contributed by atoms with Crippen molar-refractivity contribution >= 4 is 53.3 Å². The van der Waals surface area contributed by atoms with E-state index in [1.165, 1.54) is 17.3 Å². The molecular formula is C25H27Cl3N4OS. The van der Waals surface area contributed by atoms with Crippen molar-refractivity contribution in [1.29, 1.82) is 0 Å². The van der Waals surface area contributed by atoms with Crippen LogP contribution >= 0.6 is 47.4 Å². The largest absolute Gasteiger partial charge is 0.351 e. The molecule has 0 spiro atoms. The minimum atomic E-state index is -0.0158. The van der Waals surface area contributed by atoms with Crippen molar-refractivity contribution in [3.8, 4) is 11.1 Å². The number of hydrogen-bond donors (Lipinski definition) is 2. The fraction of sp³-hybridized carbons (Fsp3) is 0.320. The molecule has 4 rings (SSSR count). The van der Waals surface area contributed by atoms with Crippen LogP contribution in [0.15, 0.2) is 66.1 Å². The highest BCUT2D eigenvalue weighted by Crippen LogP contribution is 2.26. The molecule has 1 unspecified atom stereocenters. The maximum absolute atomic E-state index is 12.5. The molecule has 0 bridgehead atoms. The monoisotopic (exact) mass is 536 g/mol. The van der Waals surface area contributed by atoms with E-state index in [0.29, 0.717) is 21.1 Å². The number of rotatable bonds is 8. The predicted octanol–water partition coefficient (Wildman–Crippen LogP) is 5.69. The molecule has 1 aliphatic heterocycles. The van der Waals surface area contributed by atoms with Crippen molar-refractivity contribution in [1.82, 2.24) is 20.6 Å². The predicted molar refractivity (Wildman–Crippen MR) is 143 cm³/mol. The molecule has 5 nitrogen and oxygen atoms in total. The van der Waals surface area contributed by atoms with E-state index in [9.17, 15) is 4.79 Å².